The van der Waals surface area contributed by atoms with E-state index in [1.807, 2.05) is 13.8 Å². The van der Waals surface area contributed by atoms with Crippen LogP contribution in [0.25, 0.3) is 0 Å². The smallest absolute Gasteiger partial charge is 0.331 e. The predicted molar refractivity (Wildman–Crippen MR) is 95.8 cm³/mol. The van der Waals surface area contributed by atoms with Crippen LogP contribution in [-0.2, 0) is 9.53 Å². The molecule has 0 aliphatic carbocycles. The molecule has 0 N–H and O–H groups in total. The van der Waals surface area contributed by atoms with Crippen molar-refractivity contribution in [3.63, 3.8) is 0 Å². The Bertz CT molecular complexity index is 460. The fourth-order valence-electron chi connectivity index (χ4n) is 2.30. The zero-order chi connectivity index (χ0) is 17.3. The molecule has 0 saturated heterocycles. The second kappa shape index (κ2) is 10.4. The second-order valence-corrected chi connectivity index (χ2v) is 6.61. The highest BCUT2D eigenvalue weighted by Gasteiger charge is 2.08. The Hall–Kier alpha value is -1.31. The van der Waals surface area contributed by atoms with Crippen LogP contribution in [0.2, 0.25) is 0 Å². The van der Waals surface area contributed by atoms with Crippen molar-refractivity contribution in [2.75, 3.05) is 6.61 Å². The molecular weight excluding hydrogens is 272 g/mol. The van der Waals surface area contributed by atoms with Crippen LogP contribution >= 0.6 is 0 Å². The first-order valence-corrected chi connectivity index (χ1v) is 8.33. The molecule has 0 saturated carbocycles. The van der Waals surface area contributed by atoms with Crippen molar-refractivity contribution < 1.29 is 9.53 Å². The average molecular weight is 306 g/mol. The number of carbonyl (C=O) groups is 1. The molecule has 0 radical (unpaired) electrons. The fourth-order valence-corrected chi connectivity index (χ4v) is 2.30. The molecule has 126 valence electrons. The molecule has 22 heavy (non-hydrogen) atoms. The molecule has 2 heteroatoms. The molecule has 0 spiro atoms. The Balaban J connectivity index is 4.69. The van der Waals surface area contributed by atoms with E-state index in [-0.39, 0.29) is 5.97 Å². The number of hydrogen-bond acceptors (Lipinski definition) is 2. The molecule has 0 aromatic rings. The maximum atomic E-state index is 11.5. The molecule has 0 aliphatic rings. The molecule has 1 atom stereocenters. The first-order chi connectivity index (χ1) is 10.2. The lowest BCUT2D eigenvalue weighted by Gasteiger charge is -2.15. The molecule has 0 amide bonds. The summed E-state index contributed by atoms with van der Waals surface area (Å²) in [5.74, 6) is 0.402. The lowest BCUT2D eigenvalue weighted by Crippen LogP contribution is -2.02. The number of esters is 1. The Kier molecular flexibility index (Phi) is 9.80. The van der Waals surface area contributed by atoms with Crippen LogP contribution < -0.4 is 0 Å². The third-order valence-corrected chi connectivity index (χ3v) is 4.37. The molecule has 0 rings (SSSR count). The molecule has 2 nitrogen and oxygen atoms in total. The summed E-state index contributed by atoms with van der Waals surface area (Å²) < 4.78 is 4.97. The highest BCUT2D eigenvalue weighted by atomic mass is 16.5. The average Bonchev–Trinajstić information content (AvgIpc) is 2.43. The van der Waals surface area contributed by atoms with Crippen molar-refractivity contribution in [3.05, 3.63) is 33.9 Å². The lowest BCUT2D eigenvalue weighted by atomic mass is 9.91. The molecular formula is C20H34O2. The highest BCUT2D eigenvalue weighted by molar-refractivity contribution is 5.83. The fraction of sp³-hybridized carbons (Fsp3) is 0.650. The Morgan fingerprint density at radius 3 is 2.14 bits per heavy atom. The van der Waals surface area contributed by atoms with E-state index >= 15 is 0 Å². The summed E-state index contributed by atoms with van der Waals surface area (Å²) in [5, 5.41) is 0. The second-order valence-electron chi connectivity index (χ2n) is 6.61. The summed E-state index contributed by atoms with van der Waals surface area (Å²) in [6, 6.07) is 0. The van der Waals surface area contributed by atoms with Crippen molar-refractivity contribution in [3.8, 4) is 0 Å². The quantitative estimate of drug-likeness (QED) is 0.238. The van der Waals surface area contributed by atoms with Gasteiger partial charge in [0, 0.05) is 6.08 Å². The van der Waals surface area contributed by atoms with Crippen molar-refractivity contribution >= 4 is 5.97 Å². The molecule has 0 bridgehead atoms. The zero-order valence-corrected chi connectivity index (χ0v) is 15.8. The minimum atomic E-state index is -0.251. The first kappa shape index (κ1) is 20.7. The summed E-state index contributed by atoms with van der Waals surface area (Å²) in [5.41, 5.74) is 6.51. The number of allylic oxidation sites excluding steroid dienone is 5. The van der Waals surface area contributed by atoms with E-state index in [2.05, 4.69) is 41.5 Å². The standard InChI is InChI=1S/C20H34O2/c1-9-22-20(21)13-18(7)19(8)17(6)12-15(4)10-11-16(5)14(2)3/h13,15H,9-12H2,1-8H3. The first-order valence-electron chi connectivity index (χ1n) is 8.33. The van der Waals surface area contributed by atoms with E-state index < -0.39 is 0 Å². The summed E-state index contributed by atoms with van der Waals surface area (Å²) in [6.07, 6.45) is 5.06. The number of ether oxygens (including phenoxy) is 1. The Morgan fingerprint density at radius 2 is 1.64 bits per heavy atom. The molecule has 0 aliphatic heterocycles. The van der Waals surface area contributed by atoms with Gasteiger partial charge in [-0.1, -0.05) is 23.6 Å². The topological polar surface area (TPSA) is 26.3 Å². The molecule has 0 heterocycles. The third kappa shape index (κ3) is 8.21. The largest absolute Gasteiger partial charge is 0.463 e. The molecule has 0 aromatic heterocycles. The van der Waals surface area contributed by atoms with Crippen LogP contribution in [0.5, 0.6) is 0 Å². The van der Waals surface area contributed by atoms with Gasteiger partial charge in [-0.2, -0.15) is 0 Å². The van der Waals surface area contributed by atoms with Crippen LogP contribution in [0.4, 0.5) is 0 Å². The van der Waals surface area contributed by atoms with Gasteiger partial charge < -0.3 is 4.74 Å². The predicted octanol–water partition coefficient (Wildman–Crippen LogP) is 5.99. The molecule has 1 unspecified atom stereocenters. The zero-order valence-electron chi connectivity index (χ0n) is 15.8. The van der Waals surface area contributed by atoms with Gasteiger partial charge in [0.15, 0.2) is 0 Å². The Morgan fingerprint density at radius 1 is 1.05 bits per heavy atom. The van der Waals surface area contributed by atoms with Gasteiger partial charge in [-0.05, 0) is 84.8 Å². The normalized spacial score (nSPS) is 14.3. The molecule has 0 aromatic carbocycles. The summed E-state index contributed by atoms with van der Waals surface area (Å²) in [6.45, 7) is 17.4. The maximum absolute atomic E-state index is 11.5. The number of rotatable bonds is 8. The highest BCUT2D eigenvalue weighted by Crippen LogP contribution is 2.24. The van der Waals surface area contributed by atoms with Crippen molar-refractivity contribution in [2.45, 2.75) is 74.7 Å². The van der Waals surface area contributed by atoms with Crippen molar-refractivity contribution in [1.82, 2.24) is 0 Å². The van der Waals surface area contributed by atoms with Crippen molar-refractivity contribution in [2.24, 2.45) is 5.92 Å². The maximum Gasteiger partial charge on any atom is 0.331 e. The van der Waals surface area contributed by atoms with E-state index in [1.54, 1.807) is 6.08 Å². The van der Waals surface area contributed by atoms with E-state index in [9.17, 15) is 4.79 Å². The van der Waals surface area contributed by atoms with E-state index in [1.165, 1.54) is 35.1 Å². The van der Waals surface area contributed by atoms with Gasteiger partial charge in [-0.25, -0.2) is 4.79 Å². The van der Waals surface area contributed by atoms with Crippen LogP contribution in [0, 0.1) is 5.92 Å². The van der Waals surface area contributed by atoms with Crippen LogP contribution in [0.3, 0.4) is 0 Å². The lowest BCUT2D eigenvalue weighted by molar-refractivity contribution is -0.137. The molecule has 0 fully saturated rings. The monoisotopic (exact) mass is 306 g/mol. The Labute approximate surface area is 137 Å². The van der Waals surface area contributed by atoms with Gasteiger partial charge in [-0.15, -0.1) is 0 Å². The minimum absolute atomic E-state index is 0.251. The number of carbonyl (C=O) groups excluding carboxylic acids is 1. The van der Waals surface area contributed by atoms with E-state index in [4.69, 9.17) is 4.74 Å². The minimum Gasteiger partial charge on any atom is -0.463 e. The summed E-state index contributed by atoms with van der Waals surface area (Å²) in [7, 11) is 0. The van der Waals surface area contributed by atoms with E-state index in [0.717, 1.165) is 12.0 Å². The van der Waals surface area contributed by atoms with Crippen LogP contribution in [-0.4, -0.2) is 12.6 Å². The number of hydrogen-bond donors (Lipinski definition) is 0. The van der Waals surface area contributed by atoms with Crippen molar-refractivity contribution in [1.29, 1.82) is 0 Å². The van der Waals surface area contributed by atoms with Gasteiger partial charge in [-0.3, -0.25) is 0 Å². The van der Waals surface area contributed by atoms with Gasteiger partial charge in [0.2, 0.25) is 0 Å². The third-order valence-electron chi connectivity index (χ3n) is 4.37. The van der Waals surface area contributed by atoms with Gasteiger partial charge in [0.25, 0.3) is 0 Å². The van der Waals surface area contributed by atoms with Crippen LogP contribution in [0.15, 0.2) is 33.9 Å². The van der Waals surface area contributed by atoms with Gasteiger partial charge in [0.1, 0.15) is 0 Å². The SMILES string of the molecule is CCOC(=O)C=C(C)C(C)=C(C)CC(C)CCC(C)=C(C)C. The van der Waals surface area contributed by atoms with E-state index in [0.29, 0.717) is 12.5 Å². The summed E-state index contributed by atoms with van der Waals surface area (Å²) in [4.78, 5) is 11.5. The van der Waals surface area contributed by atoms with Crippen LogP contribution in [0.1, 0.15) is 74.7 Å². The van der Waals surface area contributed by atoms with Gasteiger partial charge in [0.05, 0.1) is 6.61 Å². The van der Waals surface area contributed by atoms with Gasteiger partial charge >= 0.3 is 5.97 Å². The summed E-state index contributed by atoms with van der Waals surface area (Å²) >= 11 is 0.